The highest BCUT2D eigenvalue weighted by molar-refractivity contribution is 7.20. The Morgan fingerprint density at radius 3 is 2.20 bits per heavy atom. The number of nitrogens with one attached hydrogen (secondary N) is 2. The normalized spacial score (nSPS) is 11.5. The minimum atomic E-state index is -0.999. The first kappa shape index (κ1) is 32.4. The average molecular weight is 635 g/mol. The number of benzene rings is 4. The third-order valence-corrected chi connectivity index (χ3v) is 8.72. The molecule has 1 heterocycles. The van der Waals surface area contributed by atoms with Crippen LogP contribution in [0, 0.1) is 0 Å². The minimum Gasteiger partial charge on any atom is -0.494 e. The van der Waals surface area contributed by atoms with Crippen LogP contribution in [0.15, 0.2) is 109 Å². The van der Waals surface area contributed by atoms with Crippen molar-refractivity contribution < 1.29 is 19.1 Å². The van der Waals surface area contributed by atoms with Crippen LogP contribution in [-0.2, 0) is 30.7 Å². The van der Waals surface area contributed by atoms with Gasteiger partial charge in [0.15, 0.2) is 0 Å². The van der Waals surface area contributed by atoms with Crippen molar-refractivity contribution in [1.29, 1.82) is 0 Å². The lowest BCUT2D eigenvalue weighted by molar-refractivity contribution is -0.130. The van der Waals surface area contributed by atoms with Crippen molar-refractivity contribution in [2.24, 2.45) is 5.73 Å². The Balaban J connectivity index is 1.40. The number of ether oxygens (including phenoxy) is 1. The lowest BCUT2D eigenvalue weighted by Gasteiger charge is -2.27. The zero-order valence-electron chi connectivity index (χ0n) is 25.8. The van der Waals surface area contributed by atoms with Gasteiger partial charge in [-0.15, -0.1) is 11.3 Å². The van der Waals surface area contributed by atoms with E-state index < -0.39 is 18.0 Å². The smallest absolute Gasteiger partial charge is 0.324 e. The Labute approximate surface area is 273 Å². The van der Waals surface area contributed by atoms with Crippen LogP contribution in [-0.4, -0.2) is 41.9 Å². The Bertz CT molecular complexity index is 1720. The molecule has 0 radical (unpaired) electrons. The fourth-order valence-electron chi connectivity index (χ4n) is 5.10. The van der Waals surface area contributed by atoms with Crippen molar-refractivity contribution >= 4 is 39.3 Å². The molecular formula is C37H38N4O4S. The van der Waals surface area contributed by atoms with Gasteiger partial charge in [-0.25, -0.2) is 4.79 Å². The number of imide groups is 1. The lowest BCUT2D eigenvalue weighted by atomic mass is 10.0. The van der Waals surface area contributed by atoms with Crippen molar-refractivity contribution in [2.45, 2.75) is 38.9 Å². The number of thiophene rings is 1. The Morgan fingerprint density at radius 1 is 0.826 bits per heavy atom. The van der Waals surface area contributed by atoms with Crippen LogP contribution < -0.4 is 21.1 Å². The standard InChI is InChI=1S/C37H38N4O4S/c1-2-45-31-18-16-27(17-19-31)22-32(40-35(42)34-23-30-10-6-7-11-33(30)46-34)36(43)41(21-20-26-8-4-3-5-9-26)37(44)39-25-29-14-12-28(24-38)13-15-29/h3-19,23,32H,2,20-22,24-25,38H2,1H3,(H,39,44)(H,40,42)/t32-/m1/s1. The average Bonchev–Trinajstić information content (AvgIpc) is 3.53. The number of carbonyl (C=O) groups is 3. The summed E-state index contributed by atoms with van der Waals surface area (Å²) < 4.78 is 6.56. The fraction of sp³-hybridized carbons (Fsp3) is 0.216. The minimum absolute atomic E-state index is 0.138. The molecule has 236 valence electrons. The third-order valence-electron chi connectivity index (χ3n) is 7.61. The Kier molecular flexibility index (Phi) is 11.2. The summed E-state index contributed by atoms with van der Waals surface area (Å²) in [5.41, 5.74) is 9.40. The Hall–Kier alpha value is -4.99. The maximum absolute atomic E-state index is 14.3. The fourth-order valence-corrected chi connectivity index (χ4v) is 6.07. The van der Waals surface area contributed by atoms with E-state index in [0.717, 1.165) is 32.3 Å². The summed E-state index contributed by atoms with van der Waals surface area (Å²) in [4.78, 5) is 43.3. The first-order valence-corrected chi connectivity index (χ1v) is 16.2. The molecule has 46 heavy (non-hydrogen) atoms. The number of hydrogen-bond acceptors (Lipinski definition) is 6. The Morgan fingerprint density at radius 2 is 1.50 bits per heavy atom. The van der Waals surface area contributed by atoms with Gasteiger partial charge in [0.25, 0.3) is 11.8 Å². The summed E-state index contributed by atoms with van der Waals surface area (Å²) in [6.07, 6.45) is 0.656. The van der Waals surface area contributed by atoms with Gasteiger partial charge in [0.1, 0.15) is 11.8 Å². The molecule has 0 spiro atoms. The molecule has 1 aromatic heterocycles. The van der Waals surface area contributed by atoms with E-state index in [1.165, 1.54) is 16.2 Å². The number of carbonyl (C=O) groups excluding carboxylic acids is 3. The molecule has 4 amide bonds. The first-order valence-electron chi connectivity index (χ1n) is 15.4. The molecule has 9 heteroatoms. The summed E-state index contributed by atoms with van der Waals surface area (Å²) in [6, 6.07) is 32.8. The number of nitrogens with two attached hydrogens (primary N) is 1. The van der Waals surface area contributed by atoms with E-state index in [1.54, 1.807) is 0 Å². The summed E-state index contributed by atoms with van der Waals surface area (Å²) in [7, 11) is 0. The van der Waals surface area contributed by atoms with E-state index in [0.29, 0.717) is 30.2 Å². The van der Waals surface area contributed by atoms with Crippen molar-refractivity contribution in [2.75, 3.05) is 13.2 Å². The number of fused-ring (bicyclic) bond motifs is 1. The maximum atomic E-state index is 14.3. The van der Waals surface area contributed by atoms with Gasteiger partial charge < -0.3 is 21.1 Å². The molecule has 0 saturated heterocycles. The quantitative estimate of drug-likeness (QED) is 0.145. The predicted octanol–water partition coefficient (Wildman–Crippen LogP) is 6.08. The van der Waals surface area contributed by atoms with Crippen LogP contribution in [0.1, 0.15) is 38.8 Å². The van der Waals surface area contributed by atoms with Crippen molar-refractivity contribution in [1.82, 2.24) is 15.5 Å². The van der Waals surface area contributed by atoms with Crippen molar-refractivity contribution in [3.05, 3.63) is 136 Å². The van der Waals surface area contributed by atoms with Gasteiger partial charge in [0.05, 0.1) is 11.5 Å². The van der Waals surface area contributed by atoms with Crippen molar-refractivity contribution in [3.8, 4) is 5.75 Å². The second-order valence-electron chi connectivity index (χ2n) is 10.9. The highest BCUT2D eigenvalue weighted by atomic mass is 32.1. The summed E-state index contributed by atoms with van der Waals surface area (Å²) in [5, 5.41) is 6.82. The van der Waals surface area contributed by atoms with E-state index >= 15 is 0 Å². The zero-order valence-corrected chi connectivity index (χ0v) is 26.6. The summed E-state index contributed by atoms with van der Waals surface area (Å²) in [5.74, 6) is -0.143. The van der Waals surface area contributed by atoms with Crippen LogP contribution in [0.2, 0.25) is 0 Å². The van der Waals surface area contributed by atoms with E-state index in [9.17, 15) is 14.4 Å². The zero-order chi connectivity index (χ0) is 32.3. The summed E-state index contributed by atoms with van der Waals surface area (Å²) in [6.45, 7) is 3.25. The van der Waals surface area contributed by atoms with Crippen LogP contribution in [0.3, 0.4) is 0 Å². The molecule has 8 nitrogen and oxygen atoms in total. The van der Waals surface area contributed by atoms with Gasteiger partial charge in [0, 0.05) is 30.8 Å². The molecule has 0 bridgehead atoms. The number of amides is 4. The van der Waals surface area contributed by atoms with Crippen LogP contribution in [0.25, 0.3) is 10.1 Å². The molecule has 5 rings (SSSR count). The largest absolute Gasteiger partial charge is 0.494 e. The van der Waals surface area contributed by atoms with Gasteiger partial charge >= 0.3 is 6.03 Å². The molecule has 4 N–H and O–H groups in total. The molecule has 0 aliphatic rings. The SMILES string of the molecule is CCOc1ccc(C[C@@H](NC(=O)c2cc3ccccc3s2)C(=O)N(CCc2ccccc2)C(=O)NCc2ccc(CN)cc2)cc1. The van der Waals surface area contributed by atoms with E-state index in [4.69, 9.17) is 10.5 Å². The van der Waals surface area contributed by atoms with E-state index in [-0.39, 0.29) is 25.4 Å². The topological polar surface area (TPSA) is 114 Å². The molecule has 4 aromatic carbocycles. The number of urea groups is 1. The first-order chi connectivity index (χ1) is 22.4. The molecule has 0 aliphatic carbocycles. The molecule has 0 unspecified atom stereocenters. The van der Waals surface area contributed by atoms with Crippen LogP contribution in [0.4, 0.5) is 4.79 Å². The predicted molar refractivity (Wildman–Crippen MR) is 183 cm³/mol. The molecular weight excluding hydrogens is 596 g/mol. The molecule has 0 saturated carbocycles. The molecule has 1 atom stereocenters. The molecule has 0 fully saturated rings. The molecule has 0 aliphatic heterocycles. The van der Waals surface area contributed by atoms with Gasteiger partial charge in [-0.2, -0.15) is 0 Å². The summed E-state index contributed by atoms with van der Waals surface area (Å²) >= 11 is 1.36. The monoisotopic (exact) mass is 634 g/mol. The van der Waals surface area contributed by atoms with Gasteiger partial charge in [-0.1, -0.05) is 84.9 Å². The second kappa shape index (κ2) is 15.8. The van der Waals surface area contributed by atoms with Gasteiger partial charge in [0.2, 0.25) is 0 Å². The van der Waals surface area contributed by atoms with Crippen LogP contribution in [0.5, 0.6) is 5.75 Å². The van der Waals surface area contributed by atoms with Crippen molar-refractivity contribution in [3.63, 3.8) is 0 Å². The van der Waals surface area contributed by atoms with E-state index in [1.807, 2.05) is 116 Å². The number of rotatable bonds is 13. The second-order valence-corrected chi connectivity index (χ2v) is 11.9. The van der Waals surface area contributed by atoms with Crippen LogP contribution >= 0.6 is 11.3 Å². The highest BCUT2D eigenvalue weighted by Crippen LogP contribution is 2.25. The lowest BCUT2D eigenvalue weighted by Crippen LogP contribution is -2.54. The van der Waals surface area contributed by atoms with Gasteiger partial charge in [-0.05, 0) is 65.3 Å². The highest BCUT2D eigenvalue weighted by Gasteiger charge is 2.31. The molecule has 5 aromatic rings. The van der Waals surface area contributed by atoms with E-state index in [2.05, 4.69) is 10.6 Å². The number of nitrogens with zero attached hydrogens (tertiary/aromatic N) is 1. The third kappa shape index (κ3) is 8.59. The number of hydrogen-bond donors (Lipinski definition) is 3. The van der Waals surface area contributed by atoms with Gasteiger partial charge in [-0.3, -0.25) is 14.5 Å². The maximum Gasteiger partial charge on any atom is 0.324 e.